The summed E-state index contributed by atoms with van der Waals surface area (Å²) in [5.41, 5.74) is 2.70. The number of carbonyl (C=O) groups excluding carboxylic acids is 1. The molecule has 0 spiro atoms. The normalized spacial score (nSPS) is 11.3. The maximum atomic E-state index is 13.5. The number of ether oxygens (including phenoxy) is 1. The lowest BCUT2D eigenvalue weighted by Gasteiger charge is -2.25. The highest BCUT2D eigenvalue weighted by atomic mass is 79.9. The minimum Gasteiger partial charge on any atom is -0.484 e. The quantitative estimate of drug-likeness (QED) is 0.409. The van der Waals surface area contributed by atoms with Crippen molar-refractivity contribution in [2.24, 2.45) is 0 Å². The van der Waals surface area contributed by atoms with Gasteiger partial charge in [-0.1, -0.05) is 39.7 Å². The summed E-state index contributed by atoms with van der Waals surface area (Å²) in [7, 11) is -4.19. The molecule has 0 bridgehead atoms. The third-order valence-corrected chi connectivity index (χ3v) is 7.54. The summed E-state index contributed by atoms with van der Waals surface area (Å²) in [5, 5.41) is 0.400. The Balaban J connectivity index is 2.00. The maximum Gasteiger partial charge on any atom is 0.278 e. The highest BCUT2D eigenvalue weighted by Crippen LogP contribution is 2.29. The van der Waals surface area contributed by atoms with E-state index in [1.165, 1.54) is 24.3 Å². The van der Waals surface area contributed by atoms with E-state index in [4.69, 9.17) is 16.3 Å². The van der Waals surface area contributed by atoms with Gasteiger partial charge in [0.1, 0.15) is 5.75 Å². The van der Waals surface area contributed by atoms with Gasteiger partial charge in [-0.25, -0.2) is 8.42 Å². The number of sulfonamides is 1. The molecular weight excluding hydrogens is 502 g/mol. The van der Waals surface area contributed by atoms with Crippen LogP contribution in [0.5, 0.6) is 5.75 Å². The number of carbonyl (C=O) groups is 1. The summed E-state index contributed by atoms with van der Waals surface area (Å²) in [5.74, 6) is -0.233. The van der Waals surface area contributed by atoms with Gasteiger partial charge in [-0.2, -0.15) is 4.31 Å². The molecule has 3 aromatic rings. The van der Waals surface area contributed by atoms with Gasteiger partial charge >= 0.3 is 0 Å². The molecule has 0 fully saturated rings. The number of hydrogen-bond donors (Lipinski definition) is 0. The summed E-state index contributed by atoms with van der Waals surface area (Å²) < 4.78 is 34.3. The standard InChI is InChI=1S/C23H21BrClNO4S/c1-15-4-5-16(2)22(12-15)26(31(28,29)20-9-6-18(25)7-10-20)23(27)14-30-19-8-11-21(24)17(3)13-19/h4-13H,14H2,1-3H3. The highest BCUT2D eigenvalue weighted by molar-refractivity contribution is 9.10. The molecule has 3 rings (SSSR count). The first-order valence-corrected chi connectivity index (χ1v) is 12.0. The van der Waals surface area contributed by atoms with Gasteiger partial charge in [0.25, 0.3) is 15.9 Å². The molecule has 0 aliphatic rings. The van der Waals surface area contributed by atoms with E-state index < -0.39 is 22.5 Å². The first-order valence-electron chi connectivity index (χ1n) is 9.39. The second-order valence-electron chi connectivity index (χ2n) is 7.11. The van der Waals surface area contributed by atoms with Crippen molar-refractivity contribution in [2.45, 2.75) is 25.7 Å². The van der Waals surface area contributed by atoms with Crippen LogP contribution in [0, 0.1) is 20.8 Å². The van der Waals surface area contributed by atoms with Crippen LogP contribution >= 0.6 is 27.5 Å². The van der Waals surface area contributed by atoms with Gasteiger partial charge in [0.2, 0.25) is 0 Å². The van der Waals surface area contributed by atoms with E-state index in [-0.39, 0.29) is 10.6 Å². The van der Waals surface area contributed by atoms with Crippen LogP contribution in [0.3, 0.4) is 0 Å². The summed E-state index contributed by atoms with van der Waals surface area (Å²) in [4.78, 5) is 13.2. The van der Waals surface area contributed by atoms with Crippen molar-refractivity contribution in [3.8, 4) is 5.75 Å². The van der Waals surface area contributed by atoms with Crippen molar-refractivity contribution < 1.29 is 17.9 Å². The molecule has 0 radical (unpaired) electrons. The second-order valence-corrected chi connectivity index (χ2v) is 10.2. The molecular formula is C23H21BrClNO4S. The molecule has 0 aliphatic heterocycles. The third kappa shape index (κ3) is 5.29. The van der Waals surface area contributed by atoms with Gasteiger partial charge in [-0.3, -0.25) is 4.79 Å². The Bertz CT molecular complexity index is 1230. The lowest BCUT2D eigenvalue weighted by Crippen LogP contribution is -2.40. The number of anilines is 1. The van der Waals surface area contributed by atoms with Gasteiger partial charge in [0, 0.05) is 9.50 Å². The second kappa shape index (κ2) is 9.42. The van der Waals surface area contributed by atoms with Crippen molar-refractivity contribution in [3.63, 3.8) is 0 Å². The van der Waals surface area contributed by atoms with Crippen molar-refractivity contribution in [1.29, 1.82) is 0 Å². The predicted molar refractivity (Wildman–Crippen MR) is 126 cm³/mol. The van der Waals surface area contributed by atoms with E-state index in [1.54, 1.807) is 31.2 Å². The Hall–Kier alpha value is -2.35. The van der Waals surface area contributed by atoms with Crippen LogP contribution in [-0.4, -0.2) is 20.9 Å². The zero-order chi connectivity index (χ0) is 22.8. The summed E-state index contributed by atoms with van der Waals surface area (Å²) >= 11 is 9.33. The van der Waals surface area contributed by atoms with E-state index in [9.17, 15) is 13.2 Å². The van der Waals surface area contributed by atoms with Crippen LogP contribution in [0.2, 0.25) is 5.02 Å². The fourth-order valence-electron chi connectivity index (χ4n) is 2.96. The molecule has 162 valence electrons. The molecule has 0 aliphatic carbocycles. The number of rotatable bonds is 6. The Labute approximate surface area is 195 Å². The van der Waals surface area contributed by atoms with Gasteiger partial charge in [0.05, 0.1) is 10.6 Å². The monoisotopic (exact) mass is 521 g/mol. The third-order valence-electron chi connectivity index (χ3n) is 4.65. The molecule has 8 heteroatoms. The van der Waals surface area contributed by atoms with Crippen LogP contribution < -0.4 is 9.04 Å². The Morgan fingerprint density at radius 3 is 2.29 bits per heavy atom. The van der Waals surface area contributed by atoms with Gasteiger partial charge in [-0.05, 0) is 86.0 Å². The zero-order valence-corrected chi connectivity index (χ0v) is 20.4. The maximum absolute atomic E-state index is 13.5. The van der Waals surface area contributed by atoms with E-state index in [1.807, 2.05) is 26.0 Å². The van der Waals surface area contributed by atoms with E-state index >= 15 is 0 Å². The number of benzene rings is 3. The van der Waals surface area contributed by atoms with Crippen LogP contribution in [0.1, 0.15) is 16.7 Å². The minimum atomic E-state index is -4.19. The molecule has 0 unspecified atom stereocenters. The van der Waals surface area contributed by atoms with Crippen molar-refractivity contribution in [2.75, 3.05) is 10.9 Å². The van der Waals surface area contributed by atoms with Crippen LogP contribution in [0.15, 0.2) is 70.0 Å². The average Bonchev–Trinajstić information content (AvgIpc) is 2.72. The van der Waals surface area contributed by atoms with Gasteiger partial charge in [-0.15, -0.1) is 0 Å². The summed E-state index contributed by atoms with van der Waals surface area (Å²) in [6.07, 6.45) is 0. The predicted octanol–water partition coefficient (Wildman–Crippen LogP) is 5.83. The molecule has 0 heterocycles. The van der Waals surface area contributed by atoms with Crippen LogP contribution in [0.25, 0.3) is 0 Å². The van der Waals surface area contributed by atoms with Crippen molar-refractivity contribution >= 4 is 49.1 Å². The average molecular weight is 523 g/mol. The molecule has 0 N–H and O–H groups in total. The molecule has 1 amide bonds. The lowest BCUT2D eigenvalue weighted by molar-refractivity contribution is -0.119. The Kier molecular flexibility index (Phi) is 7.09. The minimum absolute atomic E-state index is 0.0364. The number of nitrogens with zero attached hydrogens (tertiary/aromatic N) is 1. The number of hydrogen-bond acceptors (Lipinski definition) is 4. The number of aryl methyl sites for hydroxylation is 3. The SMILES string of the molecule is Cc1ccc(C)c(N(C(=O)COc2ccc(Br)c(C)c2)S(=O)(=O)c2ccc(Cl)cc2)c1. The Morgan fingerprint density at radius 1 is 0.968 bits per heavy atom. The Morgan fingerprint density at radius 2 is 1.65 bits per heavy atom. The summed E-state index contributed by atoms with van der Waals surface area (Å²) in [6.45, 7) is 5.04. The summed E-state index contributed by atoms with van der Waals surface area (Å²) in [6, 6.07) is 16.3. The first-order chi connectivity index (χ1) is 14.6. The van der Waals surface area contributed by atoms with Crippen molar-refractivity contribution in [1.82, 2.24) is 0 Å². The fourth-order valence-corrected chi connectivity index (χ4v) is 4.80. The van der Waals surface area contributed by atoms with Gasteiger partial charge in [0.15, 0.2) is 6.61 Å². The smallest absolute Gasteiger partial charge is 0.278 e. The number of halogens is 2. The molecule has 3 aromatic carbocycles. The molecule has 31 heavy (non-hydrogen) atoms. The van der Waals surface area contributed by atoms with Crippen LogP contribution in [0.4, 0.5) is 5.69 Å². The molecule has 0 saturated carbocycles. The van der Waals surface area contributed by atoms with Gasteiger partial charge < -0.3 is 4.74 Å². The van der Waals surface area contributed by atoms with E-state index in [2.05, 4.69) is 15.9 Å². The van der Waals surface area contributed by atoms with Crippen LogP contribution in [-0.2, 0) is 14.8 Å². The van der Waals surface area contributed by atoms with E-state index in [0.29, 0.717) is 16.3 Å². The number of amides is 1. The molecule has 0 aromatic heterocycles. The lowest BCUT2D eigenvalue weighted by atomic mass is 10.1. The topological polar surface area (TPSA) is 63.7 Å². The highest BCUT2D eigenvalue weighted by Gasteiger charge is 2.32. The fraction of sp³-hybridized carbons (Fsp3) is 0.174. The molecule has 0 saturated heterocycles. The van der Waals surface area contributed by atoms with Crippen molar-refractivity contribution in [3.05, 3.63) is 86.8 Å². The van der Waals surface area contributed by atoms with E-state index in [0.717, 1.165) is 19.9 Å². The molecule has 0 atom stereocenters. The molecule has 5 nitrogen and oxygen atoms in total. The first kappa shape index (κ1) is 23.3. The zero-order valence-electron chi connectivity index (χ0n) is 17.2. The largest absolute Gasteiger partial charge is 0.484 e.